The van der Waals surface area contributed by atoms with Gasteiger partial charge in [-0.3, -0.25) is 10.1 Å². The standard InChI is InChI=1S/C16H17FN4O3/c17-12-4-1-10(2-5-12)8-20-15(22)13(18)7-11-3-6-14(19-9-11)21-16(23)24/h1-6,9,13H,7-8,18H2,(H,19,21)(H,20,22)(H,23,24). The van der Waals surface area contributed by atoms with Crippen LogP contribution in [0.3, 0.4) is 0 Å². The van der Waals surface area contributed by atoms with Gasteiger partial charge in [0.1, 0.15) is 11.6 Å². The SMILES string of the molecule is NC(Cc1ccc(NC(=O)O)nc1)C(=O)NCc1ccc(F)cc1. The Bertz CT molecular complexity index is 704. The van der Waals surface area contributed by atoms with Gasteiger partial charge in [-0.1, -0.05) is 18.2 Å². The van der Waals surface area contributed by atoms with Crippen molar-refractivity contribution in [2.24, 2.45) is 5.73 Å². The van der Waals surface area contributed by atoms with Gasteiger partial charge < -0.3 is 16.2 Å². The van der Waals surface area contributed by atoms with Crippen molar-refractivity contribution in [2.45, 2.75) is 19.0 Å². The lowest BCUT2D eigenvalue weighted by Crippen LogP contribution is -2.41. The second kappa shape index (κ2) is 8.02. The molecule has 5 N–H and O–H groups in total. The quantitative estimate of drug-likeness (QED) is 0.639. The fraction of sp³-hybridized carbons (Fsp3) is 0.188. The van der Waals surface area contributed by atoms with Crippen LogP contribution in [0.25, 0.3) is 0 Å². The number of amides is 2. The lowest BCUT2D eigenvalue weighted by atomic mass is 10.1. The van der Waals surface area contributed by atoms with Crippen LogP contribution in [0.15, 0.2) is 42.6 Å². The van der Waals surface area contributed by atoms with E-state index in [1.165, 1.54) is 24.4 Å². The van der Waals surface area contributed by atoms with Crippen LogP contribution >= 0.6 is 0 Å². The number of rotatable bonds is 6. The van der Waals surface area contributed by atoms with Crippen LogP contribution in [0, 0.1) is 5.82 Å². The zero-order valence-electron chi connectivity index (χ0n) is 12.7. The fourth-order valence-electron chi connectivity index (χ4n) is 2.00. The number of aromatic nitrogens is 1. The summed E-state index contributed by atoms with van der Waals surface area (Å²) < 4.78 is 12.8. The molecule has 0 saturated carbocycles. The number of hydrogen-bond acceptors (Lipinski definition) is 4. The normalized spacial score (nSPS) is 11.6. The second-order valence-corrected chi connectivity index (χ2v) is 5.14. The van der Waals surface area contributed by atoms with Crippen molar-refractivity contribution in [3.63, 3.8) is 0 Å². The number of anilines is 1. The van der Waals surface area contributed by atoms with Crippen LogP contribution in [0.5, 0.6) is 0 Å². The minimum atomic E-state index is -1.20. The third kappa shape index (κ3) is 5.33. The Balaban J connectivity index is 1.84. The van der Waals surface area contributed by atoms with E-state index in [4.69, 9.17) is 10.8 Å². The van der Waals surface area contributed by atoms with E-state index in [0.717, 1.165) is 5.56 Å². The van der Waals surface area contributed by atoms with Crippen LogP contribution in [0.4, 0.5) is 15.0 Å². The molecule has 0 aliphatic heterocycles. The van der Waals surface area contributed by atoms with Crippen molar-refractivity contribution < 1.29 is 19.1 Å². The van der Waals surface area contributed by atoms with Crippen molar-refractivity contribution in [1.82, 2.24) is 10.3 Å². The number of nitrogens with zero attached hydrogens (tertiary/aromatic N) is 1. The molecule has 126 valence electrons. The van der Waals surface area contributed by atoms with Crippen molar-refractivity contribution >= 4 is 17.8 Å². The average Bonchev–Trinajstić information content (AvgIpc) is 2.55. The molecule has 0 bridgehead atoms. The number of benzene rings is 1. The number of pyridine rings is 1. The Labute approximate surface area is 137 Å². The highest BCUT2D eigenvalue weighted by Gasteiger charge is 2.14. The highest BCUT2D eigenvalue weighted by atomic mass is 19.1. The van der Waals surface area contributed by atoms with Gasteiger partial charge in [0.05, 0.1) is 6.04 Å². The molecule has 2 amide bonds. The molecule has 2 aromatic rings. The van der Waals surface area contributed by atoms with Gasteiger partial charge >= 0.3 is 6.09 Å². The first kappa shape index (κ1) is 17.4. The summed E-state index contributed by atoms with van der Waals surface area (Å²) in [6.45, 7) is 0.256. The summed E-state index contributed by atoms with van der Waals surface area (Å²) in [7, 11) is 0. The third-order valence-electron chi connectivity index (χ3n) is 3.23. The topological polar surface area (TPSA) is 117 Å². The van der Waals surface area contributed by atoms with Gasteiger partial charge in [0.2, 0.25) is 5.91 Å². The lowest BCUT2D eigenvalue weighted by Gasteiger charge is -2.12. The molecule has 1 aromatic heterocycles. The molecule has 0 aliphatic rings. The zero-order chi connectivity index (χ0) is 17.5. The zero-order valence-corrected chi connectivity index (χ0v) is 12.7. The summed E-state index contributed by atoms with van der Waals surface area (Å²) in [5, 5.41) is 13.4. The number of carbonyl (C=O) groups excluding carboxylic acids is 1. The molecule has 1 unspecified atom stereocenters. The Hall–Kier alpha value is -3.00. The Kier molecular flexibility index (Phi) is 5.80. The first-order valence-electron chi connectivity index (χ1n) is 7.16. The Morgan fingerprint density at radius 3 is 2.42 bits per heavy atom. The highest BCUT2D eigenvalue weighted by Crippen LogP contribution is 2.07. The van der Waals surface area contributed by atoms with E-state index >= 15 is 0 Å². The van der Waals surface area contributed by atoms with Gasteiger partial charge in [-0.2, -0.15) is 0 Å². The number of nitrogens with one attached hydrogen (secondary N) is 2. The van der Waals surface area contributed by atoms with Crippen LogP contribution in [0.2, 0.25) is 0 Å². The van der Waals surface area contributed by atoms with E-state index in [2.05, 4.69) is 15.6 Å². The smallest absolute Gasteiger partial charge is 0.410 e. The van der Waals surface area contributed by atoms with E-state index in [1.807, 2.05) is 0 Å². The van der Waals surface area contributed by atoms with Crippen molar-refractivity contribution in [2.75, 3.05) is 5.32 Å². The predicted molar refractivity (Wildman–Crippen MR) is 85.8 cm³/mol. The number of hydrogen-bond donors (Lipinski definition) is 4. The van der Waals surface area contributed by atoms with Gasteiger partial charge in [0.15, 0.2) is 0 Å². The van der Waals surface area contributed by atoms with E-state index in [0.29, 0.717) is 5.56 Å². The van der Waals surface area contributed by atoms with Crippen LogP contribution in [-0.2, 0) is 17.8 Å². The molecule has 8 heteroatoms. The molecular formula is C16H17FN4O3. The Morgan fingerprint density at radius 2 is 1.83 bits per heavy atom. The molecule has 0 saturated heterocycles. The largest absolute Gasteiger partial charge is 0.465 e. The molecule has 0 spiro atoms. The van der Waals surface area contributed by atoms with Gasteiger partial charge in [-0.15, -0.1) is 0 Å². The maximum Gasteiger partial charge on any atom is 0.410 e. The van der Waals surface area contributed by atoms with Crippen molar-refractivity contribution in [3.8, 4) is 0 Å². The summed E-state index contributed by atoms with van der Waals surface area (Å²) in [5.74, 6) is -0.484. The maximum atomic E-state index is 12.8. The number of carboxylic acid groups (broad SMARTS) is 1. The highest BCUT2D eigenvalue weighted by molar-refractivity contribution is 5.82. The number of carbonyl (C=O) groups is 2. The van der Waals surface area contributed by atoms with E-state index in [9.17, 15) is 14.0 Å². The van der Waals surface area contributed by atoms with Gasteiger partial charge in [-0.05, 0) is 35.7 Å². The van der Waals surface area contributed by atoms with Crippen molar-refractivity contribution in [1.29, 1.82) is 0 Å². The number of nitrogens with two attached hydrogens (primary N) is 1. The van der Waals surface area contributed by atoms with Gasteiger partial charge in [0, 0.05) is 12.7 Å². The van der Waals surface area contributed by atoms with Crippen molar-refractivity contribution in [3.05, 3.63) is 59.5 Å². The third-order valence-corrected chi connectivity index (χ3v) is 3.23. The average molecular weight is 332 g/mol. The molecule has 0 aliphatic carbocycles. The monoisotopic (exact) mass is 332 g/mol. The lowest BCUT2D eigenvalue weighted by molar-refractivity contribution is -0.122. The molecule has 24 heavy (non-hydrogen) atoms. The second-order valence-electron chi connectivity index (χ2n) is 5.14. The molecule has 1 heterocycles. The molecule has 1 aromatic carbocycles. The maximum absolute atomic E-state index is 12.8. The van der Waals surface area contributed by atoms with Crippen LogP contribution in [-0.4, -0.2) is 28.1 Å². The number of halogens is 1. The first-order valence-corrected chi connectivity index (χ1v) is 7.16. The molecule has 0 fully saturated rings. The van der Waals surface area contributed by atoms with Crippen LogP contribution < -0.4 is 16.4 Å². The van der Waals surface area contributed by atoms with E-state index in [1.54, 1.807) is 18.2 Å². The first-order chi connectivity index (χ1) is 11.4. The minimum absolute atomic E-state index is 0.195. The summed E-state index contributed by atoms with van der Waals surface area (Å²) in [6, 6.07) is 8.17. The molecule has 2 rings (SSSR count). The van der Waals surface area contributed by atoms with E-state index < -0.39 is 12.1 Å². The molecular weight excluding hydrogens is 315 g/mol. The molecule has 7 nitrogen and oxygen atoms in total. The fourth-order valence-corrected chi connectivity index (χ4v) is 2.00. The summed E-state index contributed by atoms with van der Waals surface area (Å²) in [6.07, 6.45) is 0.515. The van der Waals surface area contributed by atoms with E-state index in [-0.39, 0.29) is 30.5 Å². The summed E-state index contributed by atoms with van der Waals surface area (Å²) in [4.78, 5) is 26.4. The summed E-state index contributed by atoms with van der Waals surface area (Å²) in [5.41, 5.74) is 7.32. The minimum Gasteiger partial charge on any atom is -0.465 e. The molecule has 1 atom stereocenters. The molecule has 0 radical (unpaired) electrons. The van der Waals surface area contributed by atoms with Gasteiger partial charge in [-0.25, -0.2) is 14.2 Å². The predicted octanol–water partition coefficient (Wildman–Crippen LogP) is 1.50. The van der Waals surface area contributed by atoms with Crippen LogP contribution in [0.1, 0.15) is 11.1 Å². The van der Waals surface area contributed by atoms with Gasteiger partial charge in [0.25, 0.3) is 0 Å². The summed E-state index contributed by atoms with van der Waals surface area (Å²) >= 11 is 0. The Morgan fingerprint density at radius 1 is 1.17 bits per heavy atom.